The van der Waals surface area contributed by atoms with Crippen molar-refractivity contribution in [2.75, 3.05) is 13.1 Å². The molecule has 1 aliphatic heterocycles. The van der Waals surface area contributed by atoms with Crippen LogP contribution in [0.25, 0.3) is 0 Å². The van der Waals surface area contributed by atoms with E-state index in [1.165, 1.54) is 32.4 Å². The Labute approximate surface area is 96.2 Å². The molecule has 1 atom stereocenters. The van der Waals surface area contributed by atoms with Crippen molar-refractivity contribution >= 4 is 0 Å². The molecule has 1 aliphatic rings. The molecule has 0 bridgehead atoms. The van der Waals surface area contributed by atoms with Crippen LogP contribution in [0.2, 0.25) is 0 Å². The molecular weight excluding hydrogens is 182 g/mol. The summed E-state index contributed by atoms with van der Waals surface area (Å²) in [6, 6.07) is 0. The molecule has 90 valence electrons. The van der Waals surface area contributed by atoms with Gasteiger partial charge in [-0.2, -0.15) is 0 Å². The van der Waals surface area contributed by atoms with Gasteiger partial charge in [0.15, 0.2) is 0 Å². The Balaban J connectivity index is 2.70. The van der Waals surface area contributed by atoms with Crippen LogP contribution < -0.4 is 0 Å². The molecule has 0 aromatic rings. The lowest BCUT2D eigenvalue weighted by molar-refractivity contribution is 0.0560. The first-order chi connectivity index (χ1) is 6.71. The summed E-state index contributed by atoms with van der Waals surface area (Å²) in [6.45, 7) is 16.8. The van der Waals surface area contributed by atoms with E-state index in [-0.39, 0.29) is 0 Å². The Morgan fingerprint density at radius 1 is 1.20 bits per heavy atom. The van der Waals surface area contributed by atoms with Gasteiger partial charge in [0.05, 0.1) is 0 Å². The van der Waals surface area contributed by atoms with Crippen LogP contribution >= 0.6 is 0 Å². The van der Waals surface area contributed by atoms with Gasteiger partial charge in [-0.15, -0.1) is 0 Å². The fraction of sp³-hybridized carbons (Fsp3) is 1.00. The first-order valence-electron chi connectivity index (χ1n) is 6.46. The second kappa shape index (κ2) is 4.45. The van der Waals surface area contributed by atoms with E-state index in [4.69, 9.17) is 0 Å². The first-order valence-corrected chi connectivity index (χ1v) is 6.46. The molecule has 1 heterocycles. The van der Waals surface area contributed by atoms with Crippen LogP contribution in [0.1, 0.15) is 60.8 Å². The summed E-state index contributed by atoms with van der Waals surface area (Å²) in [6.07, 6.45) is 4.14. The van der Waals surface area contributed by atoms with Crippen LogP contribution in [-0.2, 0) is 0 Å². The standard InChI is InChI=1S/C14H29N/c1-12-8-7-9-15(13(2,3)4)11-14(5,6)10-12/h12H,7-11H2,1-6H3. The lowest BCUT2D eigenvalue weighted by atomic mass is 9.79. The van der Waals surface area contributed by atoms with Gasteiger partial charge in [0, 0.05) is 12.1 Å². The molecule has 1 saturated heterocycles. The minimum absolute atomic E-state index is 0.331. The first kappa shape index (κ1) is 13.0. The number of likely N-dealkylation sites (tertiary alicyclic amines) is 1. The summed E-state index contributed by atoms with van der Waals surface area (Å²) < 4.78 is 0. The van der Waals surface area contributed by atoms with Gasteiger partial charge in [-0.25, -0.2) is 0 Å². The Morgan fingerprint density at radius 2 is 1.80 bits per heavy atom. The molecule has 15 heavy (non-hydrogen) atoms. The molecule has 1 fully saturated rings. The molecule has 1 rings (SSSR count). The molecule has 1 nitrogen and oxygen atoms in total. The Morgan fingerprint density at radius 3 is 2.33 bits per heavy atom. The third kappa shape index (κ3) is 4.14. The van der Waals surface area contributed by atoms with E-state index >= 15 is 0 Å². The average Bonchev–Trinajstić information content (AvgIpc) is 1.96. The van der Waals surface area contributed by atoms with Crippen LogP contribution in [0, 0.1) is 11.3 Å². The number of nitrogens with zero attached hydrogens (tertiary/aromatic N) is 1. The largest absolute Gasteiger partial charge is 0.298 e. The monoisotopic (exact) mass is 211 g/mol. The topological polar surface area (TPSA) is 3.24 Å². The van der Waals surface area contributed by atoms with Gasteiger partial charge < -0.3 is 0 Å². The van der Waals surface area contributed by atoms with E-state index in [9.17, 15) is 0 Å². The van der Waals surface area contributed by atoms with Crippen LogP contribution in [0.3, 0.4) is 0 Å². The quantitative estimate of drug-likeness (QED) is 0.587. The molecule has 0 radical (unpaired) electrons. The summed E-state index contributed by atoms with van der Waals surface area (Å²) >= 11 is 0. The zero-order chi connectivity index (χ0) is 11.7. The van der Waals surface area contributed by atoms with Gasteiger partial charge in [0.25, 0.3) is 0 Å². The molecule has 0 spiro atoms. The number of hydrogen-bond acceptors (Lipinski definition) is 1. The van der Waals surface area contributed by atoms with Crippen molar-refractivity contribution in [1.82, 2.24) is 4.90 Å². The van der Waals surface area contributed by atoms with E-state index in [1.54, 1.807) is 0 Å². The zero-order valence-electron chi connectivity index (χ0n) is 11.6. The highest BCUT2D eigenvalue weighted by molar-refractivity contribution is 4.85. The van der Waals surface area contributed by atoms with Gasteiger partial charge in [0.1, 0.15) is 0 Å². The minimum Gasteiger partial charge on any atom is -0.298 e. The van der Waals surface area contributed by atoms with Gasteiger partial charge >= 0.3 is 0 Å². The molecule has 0 saturated carbocycles. The number of hydrogen-bond donors (Lipinski definition) is 0. The molecule has 1 heteroatoms. The smallest absolute Gasteiger partial charge is 0.0125 e. The second-order valence-electron chi connectivity index (χ2n) is 7.21. The molecule has 0 amide bonds. The maximum atomic E-state index is 2.67. The normalized spacial score (nSPS) is 29.6. The van der Waals surface area contributed by atoms with E-state index in [2.05, 4.69) is 46.4 Å². The van der Waals surface area contributed by atoms with Gasteiger partial charge in [-0.3, -0.25) is 4.90 Å². The van der Waals surface area contributed by atoms with Crippen molar-refractivity contribution in [2.45, 2.75) is 66.3 Å². The second-order valence-corrected chi connectivity index (χ2v) is 7.21. The highest BCUT2D eigenvalue weighted by atomic mass is 15.2. The van der Waals surface area contributed by atoms with Crippen molar-refractivity contribution in [3.05, 3.63) is 0 Å². The average molecular weight is 211 g/mol. The molecule has 1 unspecified atom stereocenters. The summed E-state index contributed by atoms with van der Waals surface area (Å²) in [4.78, 5) is 2.67. The van der Waals surface area contributed by atoms with Crippen molar-refractivity contribution < 1.29 is 0 Å². The fourth-order valence-corrected chi connectivity index (χ4v) is 2.91. The molecule has 0 aromatic carbocycles. The SMILES string of the molecule is CC1CCCN(C(C)(C)C)CC(C)(C)C1. The Bertz CT molecular complexity index is 200. The highest BCUT2D eigenvalue weighted by Gasteiger charge is 2.31. The summed E-state index contributed by atoms with van der Waals surface area (Å²) in [7, 11) is 0. The van der Waals surface area contributed by atoms with Gasteiger partial charge in [-0.1, -0.05) is 20.8 Å². The fourth-order valence-electron chi connectivity index (χ4n) is 2.91. The van der Waals surface area contributed by atoms with Crippen molar-refractivity contribution in [1.29, 1.82) is 0 Å². The van der Waals surface area contributed by atoms with Crippen molar-refractivity contribution in [2.24, 2.45) is 11.3 Å². The summed E-state index contributed by atoms with van der Waals surface area (Å²) in [5, 5.41) is 0. The molecule has 0 N–H and O–H groups in total. The van der Waals surface area contributed by atoms with Crippen molar-refractivity contribution in [3.8, 4) is 0 Å². The van der Waals surface area contributed by atoms with Gasteiger partial charge in [-0.05, 0) is 57.9 Å². The Hall–Kier alpha value is -0.0400. The molecule has 0 aliphatic carbocycles. The van der Waals surface area contributed by atoms with E-state index in [1.807, 2.05) is 0 Å². The third-order valence-electron chi connectivity index (χ3n) is 3.59. The number of rotatable bonds is 0. The molecule has 0 aromatic heterocycles. The third-order valence-corrected chi connectivity index (χ3v) is 3.59. The zero-order valence-corrected chi connectivity index (χ0v) is 11.6. The summed E-state index contributed by atoms with van der Waals surface area (Å²) in [5.74, 6) is 0.905. The highest BCUT2D eigenvalue weighted by Crippen LogP contribution is 2.33. The minimum atomic E-state index is 0.331. The van der Waals surface area contributed by atoms with E-state index < -0.39 is 0 Å². The lowest BCUT2D eigenvalue weighted by Crippen LogP contribution is -2.48. The van der Waals surface area contributed by atoms with Gasteiger partial charge in [0.2, 0.25) is 0 Å². The van der Waals surface area contributed by atoms with Crippen LogP contribution in [0.4, 0.5) is 0 Å². The molecular formula is C14H29N. The maximum absolute atomic E-state index is 2.67. The van der Waals surface area contributed by atoms with Crippen molar-refractivity contribution in [3.63, 3.8) is 0 Å². The summed E-state index contributed by atoms with van der Waals surface area (Å²) in [5.41, 5.74) is 0.810. The van der Waals surface area contributed by atoms with E-state index in [0.29, 0.717) is 11.0 Å². The maximum Gasteiger partial charge on any atom is 0.0125 e. The Kier molecular flexibility index (Phi) is 3.86. The van der Waals surface area contributed by atoms with Crippen LogP contribution in [-0.4, -0.2) is 23.5 Å². The van der Waals surface area contributed by atoms with Crippen LogP contribution in [0.15, 0.2) is 0 Å². The lowest BCUT2D eigenvalue weighted by Gasteiger charge is -2.43. The predicted molar refractivity (Wildman–Crippen MR) is 68.1 cm³/mol. The predicted octanol–water partition coefficient (Wildman–Crippen LogP) is 3.93. The van der Waals surface area contributed by atoms with Crippen LogP contribution in [0.5, 0.6) is 0 Å². The van der Waals surface area contributed by atoms with E-state index in [0.717, 1.165) is 5.92 Å².